The maximum Gasteiger partial charge on any atom is 0.145 e. The van der Waals surface area contributed by atoms with E-state index in [0.29, 0.717) is 37.9 Å². The van der Waals surface area contributed by atoms with Crippen LogP contribution in [0.1, 0.15) is 11.1 Å². The van der Waals surface area contributed by atoms with Crippen molar-refractivity contribution in [3.8, 4) is 23.0 Å². The summed E-state index contributed by atoms with van der Waals surface area (Å²) in [5, 5.41) is 0. The van der Waals surface area contributed by atoms with Crippen LogP contribution >= 0.6 is 0 Å². The van der Waals surface area contributed by atoms with E-state index in [4.69, 9.17) is 18.9 Å². The quantitative estimate of drug-likeness (QED) is 0.293. The van der Waals surface area contributed by atoms with Crippen LogP contribution in [0.25, 0.3) is 0 Å². The van der Waals surface area contributed by atoms with Crippen LogP contribution in [0.5, 0.6) is 23.0 Å². The highest BCUT2D eigenvalue weighted by Crippen LogP contribution is 2.29. The first-order valence-corrected chi connectivity index (χ1v) is 11.8. The SMILES string of the molecule is C1=Nc2ccccc2OCCOc2ccccc2N=Cc2ccccc2OCCOc2ccccc21. The van der Waals surface area contributed by atoms with Crippen LogP contribution in [0, 0.1) is 0 Å². The number of nitrogens with zero attached hydrogens (tertiary/aromatic N) is 2. The van der Waals surface area contributed by atoms with Crippen molar-refractivity contribution in [2.45, 2.75) is 0 Å². The normalized spacial score (nSPS) is 13.8. The molecule has 0 N–H and O–H groups in total. The number of fused-ring (bicyclic) bond motifs is 4. The summed E-state index contributed by atoms with van der Waals surface area (Å²) < 4.78 is 24.0. The first kappa shape index (κ1) is 23.2. The monoisotopic (exact) mass is 478 g/mol. The van der Waals surface area contributed by atoms with Gasteiger partial charge in [-0.1, -0.05) is 48.5 Å². The second-order valence-corrected chi connectivity index (χ2v) is 7.92. The number of aliphatic imine (C=N–C) groups is 2. The zero-order valence-electron chi connectivity index (χ0n) is 19.7. The van der Waals surface area contributed by atoms with Crippen LogP contribution < -0.4 is 18.9 Å². The highest BCUT2D eigenvalue weighted by Gasteiger charge is 2.07. The first-order chi connectivity index (χ1) is 17.9. The van der Waals surface area contributed by atoms with E-state index >= 15 is 0 Å². The molecule has 0 aliphatic carbocycles. The molecule has 0 aromatic heterocycles. The Labute approximate surface area is 210 Å². The average Bonchev–Trinajstić information content (AvgIpc) is 2.93. The van der Waals surface area contributed by atoms with E-state index in [9.17, 15) is 0 Å². The summed E-state index contributed by atoms with van der Waals surface area (Å²) >= 11 is 0. The second-order valence-electron chi connectivity index (χ2n) is 7.92. The highest BCUT2D eigenvalue weighted by molar-refractivity contribution is 5.86. The molecule has 180 valence electrons. The molecular formula is C30H26N2O4. The Morgan fingerprint density at radius 3 is 1.17 bits per heavy atom. The van der Waals surface area contributed by atoms with Gasteiger partial charge in [-0.05, 0) is 48.5 Å². The maximum atomic E-state index is 6.02. The van der Waals surface area contributed by atoms with Gasteiger partial charge in [0.1, 0.15) is 60.8 Å². The van der Waals surface area contributed by atoms with Crippen LogP contribution in [0.15, 0.2) is 107 Å². The number of rotatable bonds is 0. The van der Waals surface area contributed by atoms with E-state index in [1.165, 1.54) is 0 Å². The number of ether oxygens (including phenoxy) is 4. The fraction of sp³-hybridized carbons (Fsp3) is 0.133. The Balaban J connectivity index is 1.44. The molecule has 0 amide bonds. The molecule has 0 fully saturated rings. The summed E-state index contributed by atoms with van der Waals surface area (Å²) in [6, 6.07) is 30.9. The fourth-order valence-electron chi connectivity index (χ4n) is 3.69. The lowest BCUT2D eigenvalue weighted by Crippen LogP contribution is -2.11. The fourth-order valence-corrected chi connectivity index (χ4v) is 3.69. The first-order valence-electron chi connectivity index (χ1n) is 11.8. The van der Waals surface area contributed by atoms with E-state index in [-0.39, 0.29) is 0 Å². The largest absolute Gasteiger partial charge is 0.489 e. The van der Waals surface area contributed by atoms with E-state index < -0.39 is 0 Å². The van der Waals surface area contributed by atoms with Crippen molar-refractivity contribution < 1.29 is 18.9 Å². The molecule has 0 unspecified atom stereocenters. The minimum absolute atomic E-state index is 0.362. The van der Waals surface area contributed by atoms with Crippen LogP contribution in [-0.2, 0) is 0 Å². The lowest BCUT2D eigenvalue weighted by atomic mass is 10.2. The number of hydrogen-bond donors (Lipinski definition) is 0. The van der Waals surface area contributed by atoms with Gasteiger partial charge in [-0.2, -0.15) is 0 Å². The molecule has 1 heterocycles. The van der Waals surface area contributed by atoms with Crippen molar-refractivity contribution in [3.63, 3.8) is 0 Å². The van der Waals surface area contributed by atoms with Gasteiger partial charge in [-0.3, -0.25) is 9.98 Å². The predicted octanol–water partition coefficient (Wildman–Crippen LogP) is 6.42. The van der Waals surface area contributed by atoms with E-state index in [1.807, 2.05) is 97.1 Å². The zero-order valence-corrected chi connectivity index (χ0v) is 19.7. The smallest absolute Gasteiger partial charge is 0.145 e. The minimum atomic E-state index is 0.362. The van der Waals surface area contributed by atoms with Gasteiger partial charge < -0.3 is 18.9 Å². The third-order valence-corrected chi connectivity index (χ3v) is 5.45. The molecule has 0 radical (unpaired) electrons. The summed E-state index contributed by atoms with van der Waals surface area (Å²) in [6.07, 6.45) is 3.57. The summed E-state index contributed by atoms with van der Waals surface area (Å²) in [7, 11) is 0. The third kappa shape index (κ3) is 5.91. The molecule has 5 rings (SSSR count). The van der Waals surface area contributed by atoms with E-state index in [0.717, 1.165) is 34.0 Å². The number of para-hydroxylation sites is 6. The molecule has 0 saturated carbocycles. The van der Waals surface area contributed by atoms with Crippen molar-refractivity contribution in [2.75, 3.05) is 26.4 Å². The van der Waals surface area contributed by atoms with Gasteiger partial charge in [-0.15, -0.1) is 0 Å². The number of hydrogen-bond acceptors (Lipinski definition) is 6. The van der Waals surface area contributed by atoms with Crippen molar-refractivity contribution >= 4 is 23.8 Å². The average molecular weight is 479 g/mol. The summed E-state index contributed by atoms with van der Waals surface area (Å²) in [4.78, 5) is 9.33. The van der Waals surface area contributed by atoms with Crippen LogP contribution in [0.4, 0.5) is 11.4 Å². The molecule has 1 aliphatic rings. The van der Waals surface area contributed by atoms with Gasteiger partial charge >= 0.3 is 0 Å². The minimum Gasteiger partial charge on any atom is -0.489 e. The lowest BCUT2D eigenvalue weighted by molar-refractivity contribution is 0.217. The van der Waals surface area contributed by atoms with Gasteiger partial charge in [0.2, 0.25) is 0 Å². The molecule has 6 heteroatoms. The van der Waals surface area contributed by atoms with Crippen molar-refractivity contribution in [3.05, 3.63) is 108 Å². The molecule has 0 spiro atoms. The molecule has 4 aromatic carbocycles. The topological polar surface area (TPSA) is 61.6 Å². The van der Waals surface area contributed by atoms with Gasteiger partial charge in [-0.25, -0.2) is 0 Å². The van der Waals surface area contributed by atoms with Crippen LogP contribution in [0.3, 0.4) is 0 Å². The van der Waals surface area contributed by atoms with Gasteiger partial charge in [0.15, 0.2) is 0 Å². The Hall–Kier alpha value is -4.58. The van der Waals surface area contributed by atoms with Crippen LogP contribution in [0.2, 0.25) is 0 Å². The molecule has 4 aromatic rings. The molecule has 0 atom stereocenters. The Morgan fingerprint density at radius 1 is 0.389 bits per heavy atom. The third-order valence-electron chi connectivity index (χ3n) is 5.45. The van der Waals surface area contributed by atoms with E-state index in [2.05, 4.69) is 9.98 Å². The summed E-state index contributed by atoms with van der Waals surface area (Å²) in [5.41, 5.74) is 3.20. The van der Waals surface area contributed by atoms with Gasteiger partial charge in [0, 0.05) is 23.6 Å². The maximum absolute atomic E-state index is 6.02. The van der Waals surface area contributed by atoms with E-state index in [1.54, 1.807) is 12.4 Å². The zero-order chi connectivity index (χ0) is 24.4. The Kier molecular flexibility index (Phi) is 7.54. The Morgan fingerprint density at radius 2 is 0.722 bits per heavy atom. The standard InChI is InChI=1S/C30H26N2O4/c1-5-13-27-23(9-1)21-31-25-11-3-7-15-29(25)35-19-20-36-30-16-8-4-12-26(30)32-22-24-10-2-6-14-28(24)34-18-17-33-27/h1-16,21-22H,17-20H2. The molecule has 6 nitrogen and oxygen atoms in total. The lowest BCUT2D eigenvalue weighted by Gasteiger charge is -2.13. The van der Waals surface area contributed by atoms with Gasteiger partial charge in [0.25, 0.3) is 0 Å². The molecule has 1 aliphatic heterocycles. The Bertz CT molecular complexity index is 1160. The van der Waals surface area contributed by atoms with Gasteiger partial charge in [0.05, 0.1) is 0 Å². The molecular weight excluding hydrogens is 452 g/mol. The van der Waals surface area contributed by atoms with Crippen molar-refractivity contribution in [1.29, 1.82) is 0 Å². The molecule has 0 bridgehead atoms. The number of benzene rings is 4. The summed E-state index contributed by atoms with van der Waals surface area (Å²) in [5.74, 6) is 2.83. The van der Waals surface area contributed by atoms with Crippen LogP contribution in [-0.4, -0.2) is 38.9 Å². The molecule has 0 saturated heterocycles. The second kappa shape index (κ2) is 11.7. The summed E-state index contributed by atoms with van der Waals surface area (Å²) in [6.45, 7) is 1.49. The highest BCUT2D eigenvalue weighted by atomic mass is 16.5. The predicted molar refractivity (Wildman–Crippen MR) is 142 cm³/mol. The van der Waals surface area contributed by atoms with Crippen molar-refractivity contribution in [1.82, 2.24) is 0 Å². The van der Waals surface area contributed by atoms with Crippen molar-refractivity contribution in [2.24, 2.45) is 9.98 Å². The molecule has 36 heavy (non-hydrogen) atoms.